The van der Waals surface area contributed by atoms with Crippen LogP contribution >= 0.6 is 0 Å². The number of allylic oxidation sites excluding steroid dienone is 7. The molecule has 0 aliphatic rings. The van der Waals surface area contributed by atoms with Crippen LogP contribution in [0.15, 0.2) is 67.3 Å². The van der Waals surface area contributed by atoms with Crippen LogP contribution < -0.4 is 0 Å². The third-order valence-corrected chi connectivity index (χ3v) is 5.97. The lowest BCUT2D eigenvalue weighted by Crippen LogP contribution is -2.23. The fourth-order valence-corrected chi connectivity index (χ4v) is 3.45. The van der Waals surface area contributed by atoms with Crippen molar-refractivity contribution in [3.8, 4) is 0 Å². The first-order chi connectivity index (χ1) is 12.6. The fourth-order valence-electron chi connectivity index (χ4n) is 3.45. The van der Waals surface area contributed by atoms with Crippen LogP contribution in [0.4, 0.5) is 0 Å². The van der Waals surface area contributed by atoms with E-state index < -0.39 is 0 Å². The van der Waals surface area contributed by atoms with E-state index in [1.54, 1.807) is 0 Å². The molecule has 0 nitrogen and oxygen atoms in total. The standard InChI is InChI=1S/C27H38/c1-11-14-27(9,10)23(8)18-25-16-19(4)20(5)17-26(25)22(7)15-21(6)24(12-2)13-3/h11-13,15-17,23H,1-2,6,14,18H2,3-5,7-10H3/b22-15+,24-13-. The van der Waals surface area contributed by atoms with Crippen molar-refractivity contribution in [1.29, 1.82) is 0 Å². The Kier molecular flexibility index (Phi) is 8.28. The summed E-state index contributed by atoms with van der Waals surface area (Å²) in [6.45, 7) is 27.7. The third-order valence-electron chi connectivity index (χ3n) is 5.97. The van der Waals surface area contributed by atoms with E-state index in [0.29, 0.717) is 5.92 Å². The van der Waals surface area contributed by atoms with Crippen molar-refractivity contribution < 1.29 is 0 Å². The molecule has 0 amide bonds. The van der Waals surface area contributed by atoms with Crippen LogP contribution in [0.25, 0.3) is 5.57 Å². The SMILES string of the molecule is C=CCC(C)(C)C(C)Cc1cc(C)c(C)cc1/C(C)=C/C(=C)/C(C=C)=C\C. The summed E-state index contributed by atoms with van der Waals surface area (Å²) >= 11 is 0. The summed E-state index contributed by atoms with van der Waals surface area (Å²) < 4.78 is 0. The number of hydrogen-bond acceptors (Lipinski definition) is 0. The lowest BCUT2D eigenvalue weighted by atomic mass is 9.73. The topological polar surface area (TPSA) is 0 Å². The molecule has 0 aromatic heterocycles. The van der Waals surface area contributed by atoms with Gasteiger partial charge in [0.2, 0.25) is 0 Å². The minimum Gasteiger partial charge on any atom is -0.103 e. The Bertz CT molecular complexity index is 765. The Morgan fingerprint density at radius 3 is 2.26 bits per heavy atom. The Labute approximate surface area is 168 Å². The summed E-state index contributed by atoms with van der Waals surface area (Å²) in [5.74, 6) is 0.562. The average molecular weight is 363 g/mol. The maximum Gasteiger partial charge on any atom is -0.0192 e. The van der Waals surface area contributed by atoms with Crippen molar-refractivity contribution >= 4 is 5.57 Å². The normalized spacial score (nSPS) is 14.0. The Morgan fingerprint density at radius 1 is 1.15 bits per heavy atom. The summed E-state index contributed by atoms with van der Waals surface area (Å²) in [4.78, 5) is 0. The van der Waals surface area contributed by atoms with Gasteiger partial charge in [-0.2, -0.15) is 0 Å². The largest absolute Gasteiger partial charge is 0.103 e. The molecule has 146 valence electrons. The molecule has 1 unspecified atom stereocenters. The zero-order chi connectivity index (χ0) is 20.8. The molecule has 0 heterocycles. The predicted octanol–water partition coefficient (Wildman–Crippen LogP) is 8.18. The van der Waals surface area contributed by atoms with Gasteiger partial charge in [0.25, 0.3) is 0 Å². The summed E-state index contributed by atoms with van der Waals surface area (Å²) in [5.41, 5.74) is 9.03. The Morgan fingerprint density at radius 2 is 1.74 bits per heavy atom. The highest BCUT2D eigenvalue weighted by molar-refractivity contribution is 5.72. The van der Waals surface area contributed by atoms with Gasteiger partial charge in [0.1, 0.15) is 0 Å². The van der Waals surface area contributed by atoms with Gasteiger partial charge in [0.15, 0.2) is 0 Å². The van der Waals surface area contributed by atoms with Gasteiger partial charge in [0, 0.05) is 0 Å². The molecule has 1 aromatic carbocycles. The van der Waals surface area contributed by atoms with Crippen molar-refractivity contribution in [3.63, 3.8) is 0 Å². The summed E-state index contributed by atoms with van der Waals surface area (Å²) in [6, 6.07) is 4.70. The first-order valence-electron chi connectivity index (χ1n) is 9.95. The predicted molar refractivity (Wildman–Crippen MR) is 124 cm³/mol. The van der Waals surface area contributed by atoms with Gasteiger partial charge in [-0.25, -0.2) is 0 Å². The van der Waals surface area contributed by atoms with Gasteiger partial charge in [-0.3, -0.25) is 0 Å². The Balaban J connectivity index is 3.35. The van der Waals surface area contributed by atoms with Crippen molar-refractivity contribution in [2.45, 2.75) is 61.3 Å². The van der Waals surface area contributed by atoms with Crippen molar-refractivity contribution in [2.24, 2.45) is 11.3 Å². The van der Waals surface area contributed by atoms with Crippen LogP contribution in [0.2, 0.25) is 0 Å². The third kappa shape index (κ3) is 5.96. The molecule has 0 saturated carbocycles. The Hall–Kier alpha value is -2.08. The highest BCUT2D eigenvalue weighted by Crippen LogP contribution is 2.35. The molecular weight excluding hydrogens is 324 g/mol. The van der Waals surface area contributed by atoms with Gasteiger partial charge < -0.3 is 0 Å². The fraction of sp³-hybridized carbons (Fsp3) is 0.407. The lowest BCUT2D eigenvalue weighted by molar-refractivity contribution is 0.232. The number of hydrogen-bond donors (Lipinski definition) is 0. The molecule has 0 radical (unpaired) electrons. The maximum atomic E-state index is 4.23. The number of benzene rings is 1. The van der Waals surface area contributed by atoms with Gasteiger partial charge >= 0.3 is 0 Å². The van der Waals surface area contributed by atoms with E-state index in [-0.39, 0.29) is 5.41 Å². The summed E-state index contributed by atoms with van der Waals surface area (Å²) in [6.07, 6.45) is 10.2. The molecule has 0 N–H and O–H groups in total. The maximum absolute atomic E-state index is 4.23. The van der Waals surface area contributed by atoms with E-state index in [9.17, 15) is 0 Å². The molecule has 1 rings (SSSR count). The van der Waals surface area contributed by atoms with Gasteiger partial charge in [-0.05, 0) is 90.8 Å². The molecule has 1 aromatic rings. The molecular formula is C27H38. The van der Waals surface area contributed by atoms with Crippen LogP contribution in [0, 0.1) is 25.2 Å². The van der Waals surface area contributed by atoms with Crippen LogP contribution in [0.1, 0.15) is 63.3 Å². The van der Waals surface area contributed by atoms with Gasteiger partial charge in [-0.1, -0.05) is 70.4 Å². The monoisotopic (exact) mass is 362 g/mol. The smallest absolute Gasteiger partial charge is 0.0192 e. The van der Waals surface area contributed by atoms with Crippen molar-refractivity contribution in [3.05, 3.63) is 89.6 Å². The molecule has 0 aliphatic carbocycles. The van der Waals surface area contributed by atoms with Crippen LogP contribution in [-0.4, -0.2) is 0 Å². The first kappa shape index (κ1) is 23.0. The molecule has 0 saturated heterocycles. The zero-order valence-corrected chi connectivity index (χ0v) is 18.6. The molecule has 0 bridgehead atoms. The van der Waals surface area contributed by atoms with E-state index >= 15 is 0 Å². The molecule has 0 spiro atoms. The van der Waals surface area contributed by atoms with E-state index in [0.717, 1.165) is 24.0 Å². The van der Waals surface area contributed by atoms with Crippen molar-refractivity contribution in [2.75, 3.05) is 0 Å². The number of aryl methyl sites for hydroxylation is 2. The highest BCUT2D eigenvalue weighted by atomic mass is 14.3. The van der Waals surface area contributed by atoms with E-state index in [1.807, 2.05) is 19.1 Å². The van der Waals surface area contributed by atoms with Crippen LogP contribution in [0.5, 0.6) is 0 Å². The second-order valence-corrected chi connectivity index (χ2v) is 8.48. The average Bonchev–Trinajstić information content (AvgIpc) is 2.58. The summed E-state index contributed by atoms with van der Waals surface area (Å²) in [7, 11) is 0. The molecule has 0 fully saturated rings. The van der Waals surface area contributed by atoms with Crippen molar-refractivity contribution in [1.82, 2.24) is 0 Å². The van der Waals surface area contributed by atoms with Crippen LogP contribution in [0.3, 0.4) is 0 Å². The minimum absolute atomic E-state index is 0.236. The van der Waals surface area contributed by atoms with E-state index in [2.05, 4.69) is 85.6 Å². The second kappa shape index (κ2) is 9.74. The molecule has 0 heteroatoms. The number of rotatable bonds is 9. The first-order valence-corrected chi connectivity index (χ1v) is 9.95. The highest BCUT2D eigenvalue weighted by Gasteiger charge is 2.25. The van der Waals surface area contributed by atoms with E-state index in [1.165, 1.54) is 27.8 Å². The quantitative estimate of drug-likeness (QED) is 0.307. The second-order valence-electron chi connectivity index (χ2n) is 8.48. The van der Waals surface area contributed by atoms with E-state index in [4.69, 9.17) is 0 Å². The van der Waals surface area contributed by atoms with Crippen LogP contribution in [-0.2, 0) is 6.42 Å². The minimum atomic E-state index is 0.236. The summed E-state index contributed by atoms with van der Waals surface area (Å²) in [5, 5.41) is 0. The zero-order valence-electron chi connectivity index (χ0n) is 18.6. The van der Waals surface area contributed by atoms with Gasteiger partial charge in [0.05, 0.1) is 0 Å². The van der Waals surface area contributed by atoms with Gasteiger partial charge in [-0.15, -0.1) is 6.58 Å². The molecule has 0 aliphatic heterocycles. The lowest BCUT2D eigenvalue weighted by Gasteiger charge is -2.32. The molecule has 1 atom stereocenters. The molecule has 27 heavy (non-hydrogen) atoms.